The summed E-state index contributed by atoms with van der Waals surface area (Å²) < 4.78 is 10.2. The third kappa shape index (κ3) is 2.12. The van der Waals surface area contributed by atoms with Crippen molar-refractivity contribution in [3.63, 3.8) is 0 Å². The molecule has 0 aromatic carbocycles. The fraction of sp³-hybridized carbons (Fsp3) is 0.267. The summed E-state index contributed by atoms with van der Waals surface area (Å²) in [7, 11) is 1.25. The fourth-order valence-corrected chi connectivity index (χ4v) is 3.84. The molecular formula is C15H13N3O4S. The highest BCUT2D eigenvalue weighted by atomic mass is 32.2. The molecule has 1 saturated heterocycles. The minimum Gasteiger partial charge on any atom is -0.468 e. The van der Waals surface area contributed by atoms with Crippen LogP contribution in [0.3, 0.4) is 0 Å². The van der Waals surface area contributed by atoms with E-state index in [1.54, 1.807) is 19.1 Å². The van der Waals surface area contributed by atoms with Crippen LogP contribution in [0.1, 0.15) is 18.6 Å². The zero-order valence-electron chi connectivity index (χ0n) is 12.4. The molecule has 2 aliphatic rings. The molecule has 0 radical (unpaired) electrons. The van der Waals surface area contributed by atoms with E-state index < -0.39 is 17.1 Å². The van der Waals surface area contributed by atoms with Crippen molar-refractivity contribution < 1.29 is 18.7 Å². The molecule has 8 heteroatoms. The SMILES string of the molecule is COC(=O)C1=C2S[C@H](C)C(=O)N2C(N)=C(C#N)[C@H]1c1ccco1. The molecule has 7 nitrogen and oxygen atoms in total. The van der Waals surface area contributed by atoms with Crippen molar-refractivity contribution in [3.05, 3.63) is 46.2 Å². The topological polar surface area (TPSA) is 110 Å². The lowest BCUT2D eigenvalue weighted by Crippen LogP contribution is -2.37. The third-order valence-electron chi connectivity index (χ3n) is 3.74. The van der Waals surface area contributed by atoms with Gasteiger partial charge in [-0.25, -0.2) is 4.79 Å². The van der Waals surface area contributed by atoms with Gasteiger partial charge in [-0.15, -0.1) is 0 Å². The fourth-order valence-electron chi connectivity index (χ4n) is 2.68. The first-order chi connectivity index (χ1) is 11.0. The van der Waals surface area contributed by atoms with Crippen LogP contribution in [0.4, 0.5) is 0 Å². The molecule has 118 valence electrons. The average Bonchev–Trinajstić information content (AvgIpc) is 3.16. The van der Waals surface area contributed by atoms with Crippen LogP contribution in [0, 0.1) is 11.3 Å². The van der Waals surface area contributed by atoms with Gasteiger partial charge in [0.2, 0.25) is 5.91 Å². The highest BCUT2D eigenvalue weighted by molar-refractivity contribution is 8.04. The molecule has 3 rings (SSSR count). The van der Waals surface area contributed by atoms with Gasteiger partial charge in [0.05, 0.1) is 46.8 Å². The Morgan fingerprint density at radius 1 is 1.57 bits per heavy atom. The number of nitrogens with zero attached hydrogens (tertiary/aromatic N) is 2. The lowest BCUT2D eigenvalue weighted by Gasteiger charge is -2.30. The van der Waals surface area contributed by atoms with Gasteiger partial charge in [-0.2, -0.15) is 5.26 Å². The maximum Gasteiger partial charge on any atom is 0.337 e. The maximum atomic E-state index is 12.4. The Bertz CT molecular complexity index is 788. The van der Waals surface area contributed by atoms with E-state index in [0.29, 0.717) is 10.8 Å². The summed E-state index contributed by atoms with van der Waals surface area (Å²) in [6, 6.07) is 5.31. The number of hydrogen-bond acceptors (Lipinski definition) is 7. The van der Waals surface area contributed by atoms with Crippen LogP contribution in [0.5, 0.6) is 0 Å². The van der Waals surface area contributed by atoms with Gasteiger partial charge in [0.1, 0.15) is 11.6 Å². The first kappa shape index (κ1) is 15.2. The summed E-state index contributed by atoms with van der Waals surface area (Å²) in [5.41, 5.74) is 6.33. The van der Waals surface area contributed by atoms with E-state index >= 15 is 0 Å². The number of esters is 1. The lowest BCUT2D eigenvalue weighted by atomic mass is 9.87. The molecular weight excluding hydrogens is 318 g/mol. The van der Waals surface area contributed by atoms with Crippen molar-refractivity contribution in [1.82, 2.24) is 4.90 Å². The number of hydrogen-bond donors (Lipinski definition) is 1. The van der Waals surface area contributed by atoms with Gasteiger partial charge < -0.3 is 14.9 Å². The number of thioether (sulfide) groups is 1. The zero-order chi connectivity index (χ0) is 16.7. The number of nitrogens with two attached hydrogens (primary N) is 1. The second kappa shape index (κ2) is 5.52. The number of rotatable bonds is 2. The molecule has 0 unspecified atom stereocenters. The Hall–Kier alpha value is -2.66. The molecule has 0 saturated carbocycles. The van der Waals surface area contributed by atoms with E-state index in [0.717, 1.165) is 0 Å². The molecule has 1 amide bonds. The Labute approximate surface area is 136 Å². The van der Waals surface area contributed by atoms with E-state index in [4.69, 9.17) is 14.9 Å². The van der Waals surface area contributed by atoms with Crippen molar-refractivity contribution >= 4 is 23.6 Å². The molecule has 1 aromatic heterocycles. The molecule has 0 bridgehead atoms. The molecule has 1 fully saturated rings. The molecule has 1 aromatic rings. The van der Waals surface area contributed by atoms with Crippen LogP contribution in [0.2, 0.25) is 0 Å². The second-order valence-corrected chi connectivity index (χ2v) is 6.33. The average molecular weight is 331 g/mol. The zero-order valence-corrected chi connectivity index (χ0v) is 13.2. The second-order valence-electron chi connectivity index (χ2n) is 5.00. The summed E-state index contributed by atoms with van der Waals surface area (Å²) in [5.74, 6) is -1.27. The Balaban J connectivity index is 2.29. The number of fused-ring (bicyclic) bond motifs is 1. The molecule has 23 heavy (non-hydrogen) atoms. The lowest BCUT2D eigenvalue weighted by molar-refractivity contribution is -0.136. The molecule has 2 aliphatic heterocycles. The first-order valence-electron chi connectivity index (χ1n) is 6.77. The molecule has 0 spiro atoms. The van der Waals surface area contributed by atoms with Gasteiger partial charge >= 0.3 is 5.97 Å². The number of ether oxygens (including phenoxy) is 1. The van der Waals surface area contributed by atoms with Crippen molar-refractivity contribution in [2.24, 2.45) is 5.73 Å². The number of allylic oxidation sites excluding steroid dienone is 1. The van der Waals surface area contributed by atoms with Crippen molar-refractivity contribution in [2.75, 3.05) is 7.11 Å². The number of nitriles is 1. The van der Waals surface area contributed by atoms with Crippen LogP contribution in [0.25, 0.3) is 0 Å². The van der Waals surface area contributed by atoms with E-state index in [9.17, 15) is 14.9 Å². The van der Waals surface area contributed by atoms with Crippen molar-refractivity contribution in [3.8, 4) is 6.07 Å². The summed E-state index contributed by atoms with van der Waals surface area (Å²) in [4.78, 5) is 25.9. The van der Waals surface area contributed by atoms with E-state index in [1.807, 2.05) is 6.07 Å². The van der Waals surface area contributed by atoms with Gasteiger partial charge in [-0.1, -0.05) is 11.8 Å². The van der Waals surface area contributed by atoms with Gasteiger partial charge in [0.25, 0.3) is 0 Å². The van der Waals surface area contributed by atoms with Crippen LogP contribution >= 0.6 is 11.8 Å². The Morgan fingerprint density at radius 2 is 2.30 bits per heavy atom. The number of furan rings is 1. The quantitative estimate of drug-likeness (QED) is 0.816. The van der Waals surface area contributed by atoms with Gasteiger partial charge in [-0.3, -0.25) is 9.69 Å². The summed E-state index contributed by atoms with van der Waals surface area (Å²) in [5, 5.41) is 9.52. The van der Waals surface area contributed by atoms with Crippen LogP contribution in [0.15, 0.2) is 44.8 Å². The first-order valence-corrected chi connectivity index (χ1v) is 7.65. The number of amides is 1. The normalized spacial score (nSPS) is 23.9. The van der Waals surface area contributed by atoms with Crippen molar-refractivity contribution in [1.29, 1.82) is 5.26 Å². The minimum atomic E-state index is -0.792. The standard InChI is InChI=1S/C15H13N3O4S/c1-7-13(19)18-12(17)8(6-16)10(9-4-3-5-22-9)11(14(18)23-7)15(20)21-2/h3-5,7,10H,17H2,1-2H3/t7-,10+/m1/s1. The van der Waals surface area contributed by atoms with Crippen LogP contribution in [-0.2, 0) is 14.3 Å². The predicted octanol–water partition coefficient (Wildman–Crippen LogP) is 1.42. The predicted molar refractivity (Wildman–Crippen MR) is 81.2 cm³/mol. The molecule has 0 aliphatic carbocycles. The number of carbonyl (C=O) groups is 2. The van der Waals surface area contributed by atoms with Gasteiger partial charge in [-0.05, 0) is 19.1 Å². The van der Waals surface area contributed by atoms with E-state index in [2.05, 4.69) is 0 Å². The van der Waals surface area contributed by atoms with E-state index in [1.165, 1.54) is 30.0 Å². The minimum absolute atomic E-state index is 0.0263. The largest absolute Gasteiger partial charge is 0.468 e. The number of carbonyl (C=O) groups excluding carboxylic acids is 2. The van der Waals surface area contributed by atoms with Crippen LogP contribution < -0.4 is 5.73 Å². The van der Waals surface area contributed by atoms with E-state index in [-0.39, 0.29) is 22.9 Å². The Morgan fingerprint density at radius 3 is 2.87 bits per heavy atom. The summed E-state index contributed by atoms with van der Waals surface area (Å²) >= 11 is 1.22. The highest BCUT2D eigenvalue weighted by Crippen LogP contribution is 2.49. The van der Waals surface area contributed by atoms with Crippen LogP contribution in [-0.4, -0.2) is 29.1 Å². The highest BCUT2D eigenvalue weighted by Gasteiger charge is 2.47. The third-order valence-corrected chi connectivity index (χ3v) is 4.92. The van der Waals surface area contributed by atoms with Gasteiger partial charge in [0, 0.05) is 0 Å². The molecule has 2 N–H and O–H groups in total. The monoisotopic (exact) mass is 331 g/mol. The smallest absolute Gasteiger partial charge is 0.337 e. The molecule has 3 heterocycles. The van der Waals surface area contributed by atoms with Gasteiger partial charge in [0.15, 0.2) is 0 Å². The Kier molecular flexibility index (Phi) is 3.66. The maximum absolute atomic E-state index is 12.4. The van der Waals surface area contributed by atoms with Crippen molar-refractivity contribution in [2.45, 2.75) is 18.1 Å². The molecule has 2 atom stereocenters. The summed E-state index contributed by atoms with van der Waals surface area (Å²) in [6.07, 6.45) is 1.45. The number of methoxy groups -OCH3 is 1. The summed E-state index contributed by atoms with van der Waals surface area (Å²) in [6.45, 7) is 1.72.